The Morgan fingerprint density at radius 2 is 1.51 bits per heavy atom. The van der Waals surface area contributed by atoms with Crippen molar-refractivity contribution in [3.8, 4) is 0 Å². The minimum absolute atomic E-state index is 0.00130. The predicted octanol–water partition coefficient (Wildman–Crippen LogP) is 4.36. The fourth-order valence-corrected chi connectivity index (χ4v) is 8.92. The molecule has 22 nitrogen and oxygen atoms in total. The number of rotatable bonds is 16. The van der Waals surface area contributed by atoms with Crippen molar-refractivity contribution in [3.05, 3.63) is 94.8 Å². The third kappa shape index (κ3) is 12.7. The van der Waals surface area contributed by atoms with Crippen LogP contribution in [0.3, 0.4) is 0 Å². The van der Waals surface area contributed by atoms with E-state index in [1.54, 1.807) is 41.5 Å². The monoisotopic (exact) mass is 978 g/mol. The molecule has 0 radical (unpaired) electrons. The normalized spacial score (nSPS) is 18.9. The van der Waals surface area contributed by atoms with Crippen molar-refractivity contribution >= 4 is 62.5 Å². The third-order valence-corrected chi connectivity index (χ3v) is 12.4. The molecule has 364 valence electrons. The molecule has 1 aliphatic carbocycles. The number of aromatic nitrogens is 4. The Morgan fingerprint density at radius 3 is 2.09 bits per heavy atom. The number of anilines is 1. The van der Waals surface area contributed by atoms with E-state index in [1.165, 1.54) is 11.6 Å². The fraction of sp³-hybridized carbons (Fsp3) is 0.477. The van der Waals surface area contributed by atoms with Gasteiger partial charge in [0.15, 0.2) is 16.9 Å². The number of piperidine rings is 1. The summed E-state index contributed by atoms with van der Waals surface area (Å²) >= 11 is 0.909. The van der Waals surface area contributed by atoms with E-state index in [0.29, 0.717) is 49.3 Å². The van der Waals surface area contributed by atoms with E-state index in [-0.39, 0.29) is 40.6 Å². The second kappa shape index (κ2) is 20.0. The smallest absolute Gasteiger partial charge is 0.413 e. The molecule has 4 heterocycles. The number of β-lactam (4-membered cyclic amide) rings is 1. The average Bonchev–Trinajstić information content (AvgIpc) is 3.70. The molecule has 4 N–H and O–H groups in total. The molecule has 2 aromatic heterocycles. The molecule has 2 saturated heterocycles. The molecule has 7 rings (SSSR count). The summed E-state index contributed by atoms with van der Waals surface area (Å²) < 4.78 is 52.0. The quantitative estimate of drug-likeness (QED) is 0.0303. The van der Waals surface area contributed by atoms with Crippen LogP contribution in [0.1, 0.15) is 95.8 Å². The fourth-order valence-electron chi connectivity index (χ4n) is 7.36. The van der Waals surface area contributed by atoms with Gasteiger partial charge in [0.1, 0.15) is 29.0 Å². The Morgan fingerprint density at radius 1 is 0.912 bits per heavy atom. The Bertz CT molecular complexity index is 2580. The maximum Gasteiger partial charge on any atom is 0.413 e. The molecule has 4 aromatic rings. The summed E-state index contributed by atoms with van der Waals surface area (Å²) in [6.07, 6.45) is 1.04. The number of likely N-dealkylation sites (tertiary alicyclic amines) is 1. The van der Waals surface area contributed by atoms with Gasteiger partial charge >= 0.3 is 28.5 Å². The number of thiazole rings is 1. The Labute approximate surface area is 396 Å². The summed E-state index contributed by atoms with van der Waals surface area (Å²) in [5, 5.41) is 22.1. The second-order valence-corrected chi connectivity index (χ2v) is 20.7. The molecular weight excluding hydrogens is 925 g/mol. The first-order valence-electron chi connectivity index (χ1n) is 21.8. The molecule has 2 aromatic carbocycles. The number of esters is 1. The van der Waals surface area contributed by atoms with Gasteiger partial charge in [-0.15, -0.1) is 11.3 Å². The summed E-state index contributed by atoms with van der Waals surface area (Å²) in [5.41, 5.74) is -1.83. The lowest BCUT2D eigenvalue weighted by molar-refractivity contribution is -0.164. The van der Waals surface area contributed by atoms with E-state index in [9.17, 15) is 36.9 Å². The Kier molecular flexibility index (Phi) is 14.5. The first-order valence-corrected chi connectivity index (χ1v) is 24.1. The molecule has 2 atom stereocenters. The van der Waals surface area contributed by atoms with Gasteiger partial charge in [-0.1, -0.05) is 65.8 Å². The minimum Gasteiger partial charge on any atom is -0.450 e. The summed E-state index contributed by atoms with van der Waals surface area (Å²) in [4.78, 5) is 79.8. The van der Waals surface area contributed by atoms with Crippen LogP contribution in [-0.4, -0.2) is 126 Å². The highest BCUT2D eigenvalue weighted by Gasteiger charge is 2.57. The molecule has 0 spiro atoms. The van der Waals surface area contributed by atoms with Gasteiger partial charge in [0.05, 0.1) is 18.4 Å². The van der Waals surface area contributed by atoms with Crippen molar-refractivity contribution in [2.75, 3.05) is 18.4 Å². The van der Waals surface area contributed by atoms with Gasteiger partial charge in [-0.05, 0) is 65.5 Å². The number of benzene rings is 2. The second-order valence-electron chi connectivity index (χ2n) is 18.5. The predicted molar refractivity (Wildman–Crippen MR) is 244 cm³/mol. The zero-order valence-electron chi connectivity index (χ0n) is 38.3. The number of alkyl carbamates (subject to hydrolysis) is 1. The van der Waals surface area contributed by atoms with Crippen LogP contribution in [0.15, 0.2) is 77.4 Å². The summed E-state index contributed by atoms with van der Waals surface area (Å²) in [5.74, 6) is -3.00. The van der Waals surface area contributed by atoms with Crippen molar-refractivity contribution in [1.29, 1.82) is 0 Å². The van der Waals surface area contributed by atoms with Crippen molar-refractivity contribution < 1.29 is 56.0 Å². The number of carbonyl (C=O) groups excluding carboxylic acids is 5. The standard InChI is InChI=1S/C44H54N10O12S2/c1-42(2,3)64-40(58)46-29-17-21-52(22-18-29)24-30-23-45-53(50-30)25-32-34(37(56)54(32)68(60,61)62)48-36(55)33(31-26-67-39(47-31)49-41(59)65-43(4,5)6)51-66-44(19-20-44)38(57)63-35(27-13-9-7-10-14-27)28-15-11-8-12-16-28/h7-16,23,26,29,32,34-35H,17-22,24-25H2,1-6H3,(H,46,58)(H,48,55)(H,47,49,59)(H,60,61,62)/b51-33+/t32-,34+/m1/s1. The number of carbonyl (C=O) groups is 5. The van der Waals surface area contributed by atoms with E-state index in [1.807, 2.05) is 60.7 Å². The lowest BCUT2D eigenvalue weighted by Gasteiger charge is -2.43. The molecular formula is C44H54N10O12S2. The van der Waals surface area contributed by atoms with Crippen LogP contribution in [0.2, 0.25) is 0 Å². The highest BCUT2D eigenvalue weighted by atomic mass is 32.2. The zero-order valence-corrected chi connectivity index (χ0v) is 39.9. The topological polar surface area (TPSA) is 275 Å². The number of oxime groups is 1. The first-order chi connectivity index (χ1) is 32.1. The Hall–Kier alpha value is -6.50. The number of hydrogen-bond donors (Lipinski definition) is 4. The van der Waals surface area contributed by atoms with Crippen LogP contribution in [0.5, 0.6) is 0 Å². The van der Waals surface area contributed by atoms with Crippen LogP contribution in [0.25, 0.3) is 0 Å². The molecule has 68 heavy (non-hydrogen) atoms. The molecule has 1 saturated carbocycles. The van der Waals surface area contributed by atoms with Gasteiger partial charge in [-0.2, -0.15) is 23.4 Å². The summed E-state index contributed by atoms with van der Waals surface area (Å²) in [7, 11) is -5.12. The minimum atomic E-state index is -5.12. The van der Waals surface area contributed by atoms with Crippen LogP contribution < -0.4 is 16.0 Å². The van der Waals surface area contributed by atoms with Crippen molar-refractivity contribution in [3.63, 3.8) is 0 Å². The number of amides is 4. The number of hydrogen-bond acceptors (Lipinski definition) is 17. The lowest BCUT2D eigenvalue weighted by Crippen LogP contribution is -2.73. The van der Waals surface area contributed by atoms with Crippen molar-refractivity contribution in [2.45, 2.75) is 121 Å². The van der Waals surface area contributed by atoms with E-state index in [2.05, 4.69) is 41.2 Å². The van der Waals surface area contributed by atoms with Gasteiger partial charge in [-0.3, -0.25) is 24.4 Å². The number of ether oxygens (including phenoxy) is 3. The van der Waals surface area contributed by atoms with E-state index in [0.717, 1.165) is 16.1 Å². The van der Waals surface area contributed by atoms with Crippen LogP contribution >= 0.6 is 11.3 Å². The van der Waals surface area contributed by atoms with E-state index >= 15 is 0 Å². The highest BCUT2D eigenvalue weighted by molar-refractivity contribution is 7.84. The van der Waals surface area contributed by atoms with E-state index < -0.39 is 81.0 Å². The van der Waals surface area contributed by atoms with Gasteiger partial charge in [0.2, 0.25) is 5.60 Å². The van der Waals surface area contributed by atoms with Crippen LogP contribution in [-0.2, 0) is 56.8 Å². The first kappa shape index (κ1) is 49.4. The SMILES string of the molecule is CC(C)(C)OC(=O)Nc1nc(/C(=N\OC2(C(=O)OC(c3ccccc3)c3ccccc3)CC2)C(=O)N[C@@H]2C(=O)N(S(=O)(=O)O)[C@@H]2Cn2ncc(CN3CCC(NC(=O)OC(C)(C)C)CC3)n2)cs1. The van der Waals surface area contributed by atoms with Crippen LogP contribution in [0, 0.1) is 0 Å². The lowest BCUT2D eigenvalue weighted by atomic mass is 9.98. The van der Waals surface area contributed by atoms with Gasteiger partial charge < -0.3 is 29.7 Å². The molecule has 4 amide bonds. The largest absolute Gasteiger partial charge is 0.450 e. The van der Waals surface area contributed by atoms with Crippen molar-refractivity contribution in [2.24, 2.45) is 5.16 Å². The van der Waals surface area contributed by atoms with Gasteiger partial charge in [0.25, 0.3) is 11.8 Å². The summed E-state index contributed by atoms with van der Waals surface area (Å²) in [6.45, 7) is 11.6. The molecule has 2 aliphatic heterocycles. The number of nitrogens with one attached hydrogen (secondary N) is 3. The molecule has 3 fully saturated rings. The Balaban J connectivity index is 1.07. The maximum atomic E-state index is 14.2. The van der Waals surface area contributed by atoms with Gasteiger partial charge in [0, 0.05) is 43.9 Å². The summed E-state index contributed by atoms with van der Waals surface area (Å²) in [6, 6.07) is 15.2. The molecule has 0 bridgehead atoms. The maximum absolute atomic E-state index is 14.2. The van der Waals surface area contributed by atoms with Gasteiger partial charge in [-0.25, -0.2) is 23.7 Å². The molecule has 0 unspecified atom stereocenters. The number of nitrogens with zero attached hydrogens (tertiary/aromatic N) is 7. The van der Waals surface area contributed by atoms with Crippen molar-refractivity contribution in [1.82, 2.24) is 39.8 Å². The third-order valence-electron chi connectivity index (χ3n) is 10.7. The molecule has 3 aliphatic rings. The zero-order chi connectivity index (χ0) is 49.0. The molecule has 24 heteroatoms. The van der Waals surface area contributed by atoms with Crippen LogP contribution in [0.4, 0.5) is 14.7 Å². The highest BCUT2D eigenvalue weighted by Crippen LogP contribution is 2.43. The van der Waals surface area contributed by atoms with E-state index in [4.69, 9.17) is 19.0 Å². The average molecular weight is 979 g/mol.